The zero-order valence-electron chi connectivity index (χ0n) is 16.1. The molecule has 0 aromatic rings. The molecule has 0 saturated carbocycles. The second kappa shape index (κ2) is 17.7. The molecule has 0 aromatic carbocycles. The number of carboxylic acids is 1. The highest BCUT2D eigenvalue weighted by Crippen LogP contribution is 2.15. The van der Waals surface area contributed by atoms with Gasteiger partial charge < -0.3 is 5.11 Å². The maximum Gasteiger partial charge on any atom is 0.308 e. The van der Waals surface area contributed by atoms with E-state index in [1.54, 1.807) is 0 Å². The Hall–Kier alpha value is -1.10. The van der Waals surface area contributed by atoms with E-state index in [1.165, 1.54) is 70.6 Å². The molecule has 0 spiro atoms. The number of aliphatic carboxylic acids is 1. The van der Waals surface area contributed by atoms with E-state index in [0.717, 1.165) is 19.3 Å². The average molecular weight is 358 g/mol. The van der Waals surface area contributed by atoms with Crippen molar-refractivity contribution in [3.8, 4) is 0 Å². The van der Waals surface area contributed by atoms with Crippen LogP contribution < -0.4 is 0 Å². The summed E-state index contributed by atoms with van der Waals surface area (Å²) in [4.78, 5) is 21.4. The third-order valence-electron chi connectivity index (χ3n) is 4.78. The maximum absolute atomic E-state index is 11.1. The van der Waals surface area contributed by atoms with Gasteiger partial charge in [-0.05, 0) is 6.42 Å². The molecule has 0 heterocycles. The SMILES string of the molecule is CCCCCCCCCCCCCCCC[C@@H](CN(O)C=O)C(=O)O. The molecule has 1 amide bonds. The van der Waals surface area contributed by atoms with Crippen LogP contribution in [0.1, 0.15) is 103 Å². The summed E-state index contributed by atoms with van der Waals surface area (Å²) in [6.45, 7) is 2.12. The minimum Gasteiger partial charge on any atom is -0.481 e. The highest BCUT2D eigenvalue weighted by atomic mass is 16.5. The van der Waals surface area contributed by atoms with E-state index >= 15 is 0 Å². The van der Waals surface area contributed by atoms with Crippen molar-refractivity contribution < 1.29 is 19.9 Å². The smallest absolute Gasteiger partial charge is 0.308 e. The van der Waals surface area contributed by atoms with Gasteiger partial charge in [-0.1, -0.05) is 96.8 Å². The maximum atomic E-state index is 11.1. The van der Waals surface area contributed by atoms with Crippen LogP contribution in [0, 0.1) is 5.92 Å². The predicted molar refractivity (Wildman–Crippen MR) is 101 cm³/mol. The molecule has 0 rings (SSSR count). The van der Waals surface area contributed by atoms with Crippen LogP contribution in [0.5, 0.6) is 0 Å². The first-order chi connectivity index (χ1) is 12.1. The van der Waals surface area contributed by atoms with Crippen LogP contribution in [0.2, 0.25) is 0 Å². The first kappa shape index (κ1) is 23.9. The van der Waals surface area contributed by atoms with Gasteiger partial charge in [-0.15, -0.1) is 0 Å². The van der Waals surface area contributed by atoms with Crippen LogP contribution in [-0.2, 0) is 9.59 Å². The lowest BCUT2D eigenvalue weighted by atomic mass is 9.99. The van der Waals surface area contributed by atoms with Gasteiger partial charge >= 0.3 is 5.97 Å². The zero-order valence-corrected chi connectivity index (χ0v) is 16.1. The summed E-state index contributed by atoms with van der Waals surface area (Å²) >= 11 is 0. The number of hydrogen-bond acceptors (Lipinski definition) is 3. The van der Waals surface area contributed by atoms with Gasteiger partial charge in [0.1, 0.15) is 0 Å². The minimum absolute atomic E-state index is 0.128. The quantitative estimate of drug-likeness (QED) is 0.140. The molecule has 2 N–H and O–H groups in total. The van der Waals surface area contributed by atoms with E-state index in [1.807, 2.05) is 0 Å². The number of unbranched alkanes of at least 4 members (excludes halogenated alkanes) is 13. The second-order valence-corrected chi connectivity index (χ2v) is 7.15. The Kier molecular flexibility index (Phi) is 16.9. The number of hydroxylamine groups is 2. The van der Waals surface area contributed by atoms with Gasteiger partial charge in [0.15, 0.2) is 0 Å². The van der Waals surface area contributed by atoms with Crippen molar-refractivity contribution in [2.24, 2.45) is 5.92 Å². The lowest BCUT2D eigenvalue weighted by Gasteiger charge is -2.15. The standard InChI is InChI=1S/C20H39NO4/c1-2-3-4-5-6-7-8-9-10-11-12-13-14-15-16-19(20(23)24)17-21(25)18-22/h18-19,25H,2-17H2,1H3,(H,23,24)/t19-/m0/s1. The van der Waals surface area contributed by atoms with Crippen LogP contribution >= 0.6 is 0 Å². The van der Waals surface area contributed by atoms with Crippen molar-refractivity contribution in [2.75, 3.05) is 6.54 Å². The predicted octanol–water partition coefficient (Wildman–Crippen LogP) is 5.41. The first-order valence-corrected chi connectivity index (χ1v) is 10.3. The van der Waals surface area contributed by atoms with Crippen molar-refractivity contribution in [1.82, 2.24) is 5.06 Å². The Labute approximate surface area is 153 Å². The highest BCUT2D eigenvalue weighted by molar-refractivity contribution is 5.70. The fourth-order valence-electron chi connectivity index (χ4n) is 3.15. The topological polar surface area (TPSA) is 77.8 Å². The highest BCUT2D eigenvalue weighted by Gasteiger charge is 2.19. The van der Waals surface area contributed by atoms with Crippen LogP contribution in [0.25, 0.3) is 0 Å². The second-order valence-electron chi connectivity index (χ2n) is 7.15. The summed E-state index contributed by atoms with van der Waals surface area (Å²) in [7, 11) is 0. The molecule has 0 radical (unpaired) electrons. The Morgan fingerprint density at radius 3 is 1.60 bits per heavy atom. The Bertz CT molecular complexity index is 323. The molecule has 148 valence electrons. The lowest BCUT2D eigenvalue weighted by molar-refractivity contribution is -0.159. The van der Waals surface area contributed by atoms with Gasteiger partial charge in [0, 0.05) is 0 Å². The summed E-state index contributed by atoms with van der Waals surface area (Å²) in [5.41, 5.74) is 0. The van der Waals surface area contributed by atoms with E-state index in [0.29, 0.717) is 11.5 Å². The molecule has 0 aliphatic carbocycles. The van der Waals surface area contributed by atoms with Gasteiger partial charge in [0.25, 0.3) is 0 Å². The molecular formula is C20H39NO4. The third-order valence-corrected chi connectivity index (χ3v) is 4.78. The molecule has 0 aliphatic heterocycles. The van der Waals surface area contributed by atoms with E-state index in [9.17, 15) is 9.59 Å². The number of carboxylic acid groups (broad SMARTS) is 1. The monoisotopic (exact) mass is 357 g/mol. The average Bonchev–Trinajstić information content (AvgIpc) is 2.60. The van der Waals surface area contributed by atoms with Crippen molar-refractivity contribution in [2.45, 2.75) is 103 Å². The number of rotatable bonds is 19. The number of carbonyl (C=O) groups is 2. The molecule has 25 heavy (non-hydrogen) atoms. The Balaban J connectivity index is 3.37. The molecule has 0 saturated heterocycles. The number of amides is 1. The lowest BCUT2D eigenvalue weighted by Crippen LogP contribution is -2.29. The van der Waals surface area contributed by atoms with Gasteiger partial charge in [0.05, 0.1) is 12.5 Å². The van der Waals surface area contributed by atoms with Crippen molar-refractivity contribution in [1.29, 1.82) is 0 Å². The van der Waals surface area contributed by atoms with Gasteiger partial charge in [-0.2, -0.15) is 0 Å². The Morgan fingerprint density at radius 1 is 0.840 bits per heavy atom. The minimum atomic E-state index is -0.949. The molecule has 0 aromatic heterocycles. The van der Waals surface area contributed by atoms with Crippen LogP contribution in [-0.4, -0.2) is 34.3 Å². The van der Waals surface area contributed by atoms with E-state index in [-0.39, 0.29) is 13.0 Å². The van der Waals surface area contributed by atoms with Crippen molar-refractivity contribution >= 4 is 12.4 Å². The van der Waals surface area contributed by atoms with Gasteiger partial charge in [-0.25, -0.2) is 5.06 Å². The fourth-order valence-corrected chi connectivity index (χ4v) is 3.15. The van der Waals surface area contributed by atoms with Crippen LogP contribution in [0.3, 0.4) is 0 Å². The molecule has 0 aliphatic rings. The van der Waals surface area contributed by atoms with Gasteiger partial charge in [0.2, 0.25) is 6.41 Å². The van der Waals surface area contributed by atoms with Crippen molar-refractivity contribution in [3.05, 3.63) is 0 Å². The van der Waals surface area contributed by atoms with E-state index in [2.05, 4.69) is 6.92 Å². The number of carbonyl (C=O) groups excluding carboxylic acids is 1. The van der Waals surface area contributed by atoms with Crippen LogP contribution in [0.4, 0.5) is 0 Å². The fraction of sp³-hybridized carbons (Fsp3) is 0.900. The van der Waals surface area contributed by atoms with E-state index in [4.69, 9.17) is 10.3 Å². The normalized spacial score (nSPS) is 12.1. The summed E-state index contributed by atoms with van der Waals surface area (Å²) < 4.78 is 0. The molecule has 0 unspecified atom stereocenters. The molecule has 5 heteroatoms. The van der Waals surface area contributed by atoms with Crippen LogP contribution in [0.15, 0.2) is 0 Å². The van der Waals surface area contributed by atoms with Crippen molar-refractivity contribution in [3.63, 3.8) is 0 Å². The molecule has 1 atom stereocenters. The van der Waals surface area contributed by atoms with E-state index < -0.39 is 11.9 Å². The summed E-state index contributed by atoms with van der Waals surface area (Å²) in [5.74, 6) is -1.62. The molecular weight excluding hydrogens is 318 g/mol. The summed E-state index contributed by atoms with van der Waals surface area (Å²) in [6.07, 6.45) is 18.5. The first-order valence-electron chi connectivity index (χ1n) is 10.3. The largest absolute Gasteiger partial charge is 0.481 e. The zero-order chi connectivity index (χ0) is 18.8. The molecule has 0 bridgehead atoms. The third kappa shape index (κ3) is 16.1. The van der Waals surface area contributed by atoms with Gasteiger partial charge in [-0.3, -0.25) is 14.8 Å². The summed E-state index contributed by atoms with van der Waals surface area (Å²) in [5, 5.41) is 18.6. The molecule has 5 nitrogen and oxygen atoms in total. The Morgan fingerprint density at radius 2 is 1.24 bits per heavy atom. The summed E-state index contributed by atoms with van der Waals surface area (Å²) in [6, 6.07) is 0. The number of nitrogens with zero attached hydrogens (tertiary/aromatic N) is 1. The number of hydrogen-bond donors (Lipinski definition) is 2. The molecule has 0 fully saturated rings.